The van der Waals surface area contributed by atoms with Crippen LogP contribution in [0.1, 0.15) is 22.4 Å². The number of rotatable bonds is 4. The molecule has 0 saturated carbocycles. The highest BCUT2D eigenvalue weighted by molar-refractivity contribution is 8.00. The molecular weight excluding hydrogens is 310 g/mol. The highest BCUT2D eigenvalue weighted by Gasteiger charge is 2.11. The van der Waals surface area contributed by atoms with E-state index >= 15 is 0 Å². The van der Waals surface area contributed by atoms with Crippen LogP contribution in [0, 0.1) is 32.1 Å². The SMILES string of the molecule is Cc1cc(=O)c(C#N)c(SCC(=O)Nc2ccc(C)c(C)c2)[nH]1. The molecule has 5 nitrogen and oxygen atoms in total. The molecule has 0 spiro atoms. The Morgan fingerprint density at radius 2 is 2.00 bits per heavy atom. The smallest absolute Gasteiger partial charge is 0.234 e. The third-order valence-electron chi connectivity index (χ3n) is 3.38. The summed E-state index contributed by atoms with van der Waals surface area (Å²) in [5.74, 6) is -0.0782. The minimum Gasteiger partial charge on any atom is -0.353 e. The van der Waals surface area contributed by atoms with E-state index in [1.807, 2.05) is 38.1 Å². The summed E-state index contributed by atoms with van der Waals surface area (Å²) >= 11 is 1.14. The van der Waals surface area contributed by atoms with Crippen LogP contribution in [-0.4, -0.2) is 16.6 Å². The number of carbonyl (C=O) groups excluding carboxylic acids is 1. The molecule has 23 heavy (non-hydrogen) atoms. The third-order valence-corrected chi connectivity index (χ3v) is 4.38. The maximum Gasteiger partial charge on any atom is 0.234 e. The van der Waals surface area contributed by atoms with Gasteiger partial charge in [0, 0.05) is 17.4 Å². The van der Waals surface area contributed by atoms with Gasteiger partial charge in [-0.2, -0.15) is 5.26 Å². The number of nitrogens with one attached hydrogen (secondary N) is 2. The van der Waals surface area contributed by atoms with Crippen LogP contribution in [0.3, 0.4) is 0 Å². The lowest BCUT2D eigenvalue weighted by Crippen LogP contribution is -2.15. The Morgan fingerprint density at radius 1 is 1.26 bits per heavy atom. The van der Waals surface area contributed by atoms with Crippen molar-refractivity contribution in [3.63, 3.8) is 0 Å². The van der Waals surface area contributed by atoms with Gasteiger partial charge in [0.1, 0.15) is 11.6 Å². The molecule has 0 fully saturated rings. The molecule has 0 aliphatic heterocycles. The Bertz CT molecular complexity index is 850. The fourth-order valence-corrected chi connectivity index (χ4v) is 2.90. The van der Waals surface area contributed by atoms with Gasteiger partial charge in [0.15, 0.2) is 0 Å². The van der Waals surface area contributed by atoms with Gasteiger partial charge < -0.3 is 10.3 Å². The number of aromatic amines is 1. The largest absolute Gasteiger partial charge is 0.353 e. The summed E-state index contributed by atoms with van der Waals surface area (Å²) in [6.07, 6.45) is 0. The first kappa shape index (κ1) is 16.8. The second kappa shape index (κ2) is 7.16. The third kappa shape index (κ3) is 4.24. The number of pyridine rings is 1. The first-order chi connectivity index (χ1) is 10.9. The molecule has 6 heteroatoms. The number of benzene rings is 1. The summed E-state index contributed by atoms with van der Waals surface area (Å²) in [5, 5.41) is 12.3. The molecule has 1 amide bonds. The standard InChI is InChI=1S/C17H17N3O2S/c1-10-4-5-13(6-11(10)2)20-16(22)9-23-17-14(8-18)15(21)7-12(3)19-17/h4-7H,9H2,1-3H3,(H,19,21)(H,20,22). The molecule has 118 valence electrons. The van der Waals surface area contributed by atoms with Crippen molar-refractivity contribution in [3.05, 3.63) is 56.9 Å². The minimum atomic E-state index is -0.333. The lowest BCUT2D eigenvalue weighted by molar-refractivity contribution is -0.113. The second-order valence-corrected chi connectivity index (χ2v) is 6.25. The number of anilines is 1. The minimum absolute atomic E-state index is 0.0413. The van der Waals surface area contributed by atoms with Gasteiger partial charge in [-0.3, -0.25) is 9.59 Å². The molecule has 0 atom stereocenters. The van der Waals surface area contributed by atoms with E-state index in [9.17, 15) is 9.59 Å². The van der Waals surface area contributed by atoms with Crippen molar-refractivity contribution in [2.24, 2.45) is 0 Å². The van der Waals surface area contributed by atoms with Crippen molar-refractivity contribution < 1.29 is 4.79 Å². The number of aryl methyl sites for hydroxylation is 3. The highest BCUT2D eigenvalue weighted by atomic mass is 32.2. The van der Waals surface area contributed by atoms with E-state index in [4.69, 9.17) is 5.26 Å². The number of hydrogen-bond donors (Lipinski definition) is 2. The van der Waals surface area contributed by atoms with Crippen LogP contribution < -0.4 is 10.7 Å². The van der Waals surface area contributed by atoms with Crippen LogP contribution >= 0.6 is 11.8 Å². The first-order valence-corrected chi connectivity index (χ1v) is 8.03. The number of carbonyl (C=O) groups is 1. The van der Waals surface area contributed by atoms with Crippen molar-refractivity contribution in [1.29, 1.82) is 5.26 Å². The number of H-pyrrole nitrogens is 1. The summed E-state index contributed by atoms with van der Waals surface area (Å²) in [5.41, 5.74) is 3.36. The predicted molar refractivity (Wildman–Crippen MR) is 91.8 cm³/mol. The Labute approximate surface area is 138 Å². The van der Waals surface area contributed by atoms with E-state index in [1.54, 1.807) is 6.92 Å². The number of hydrogen-bond acceptors (Lipinski definition) is 4. The number of nitriles is 1. The van der Waals surface area contributed by atoms with Gasteiger partial charge in [0.2, 0.25) is 11.3 Å². The molecule has 0 unspecified atom stereocenters. The number of amides is 1. The highest BCUT2D eigenvalue weighted by Crippen LogP contribution is 2.19. The zero-order valence-electron chi connectivity index (χ0n) is 13.2. The van der Waals surface area contributed by atoms with Crippen LogP contribution in [-0.2, 0) is 4.79 Å². The molecular formula is C17H17N3O2S. The van der Waals surface area contributed by atoms with Crippen LogP contribution in [0.15, 0.2) is 34.1 Å². The molecule has 0 bridgehead atoms. The van der Waals surface area contributed by atoms with Crippen molar-refractivity contribution in [1.82, 2.24) is 4.98 Å². The van der Waals surface area contributed by atoms with Crippen molar-refractivity contribution in [2.45, 2.75) is 25.8 Å². The Balaban J connectivity index is 2.06. The molecule has 0 saturated heterocycles. The predicted octanol–water partition coefficient (Wildman–Crippen LogP) is 2.90. The van der Waals surface area contributed by atoms with Gasteiger partial charge in [0.05, 0.1) is 10.8 Å². The lowest BCUT2D eigenvalue weighted by Gasteiger charge is -2.08. The van der Waals surface area contributed by atoms with Crippen LogP contribution in [0.5, 0.6) is 0 Å². The lowest BCUT2D eigenvalue weighted by atomic mass is 10.1. The molecule has 1 heterocycles. The van der Waals surface area contributed by atoms with Crippen LogP contribution in [0.2, 0.25) is 0 Å². The maximum atomic E-state index is 12.0. The summed E-state index contributed by atoms with van der Waals surface area (Å²) < 4.78 is 0. The van der Waals surface area contributed by atoms with E-state index in [2.05, 4.69) is 10.3 Å². The summed E-state index contributed by atoms with van der Waals surface area (Å²) in [6, 6.07) is 8.96. The monoisotopic (exact) mass is 327 g/mol. The fourth-order valence-electron chi connectivity index (χ4n) is 2.03. The quantitative estimate of drug-likeness (QED) is 0.846. The van der Waals surface area contributed by atoms with Crippen molar-refractivity contribution in [2.75, 3.05) is 11.1 Å². The maximum absolute atomic E-state index is 12.0. The number of nitrogens with zero attached hydrogens (tertiary/aromatic N) is 1. The van der Waals surface area contributed by atoms with Crippen molar-refractivity contribution in [3.8, 4) is 6.07 Å². The van der Waals surface area contributed by atoms with Gasteiger partial charge in [-0.1, -0.05) is 17.8 Å². The van der Waals surface area contributed by atoms with Gasteiger partial charge in [-0.05, 0) is 44.0 Å². The Morgan fingerprint density at radius 3 is 2.65 bits per heavy atom. The van der Waals surface area contributed by atoms with Gasteiger partial charge in [-0.25, -0.2) is 0 Å². The van der Waals surface area contributed by atoms with Crippen molar-refractivity contribution >= 4 is 23.4 Å². The molecule has 2 aromatic rings. The van der Waals surface area contributed by atoms with Gasteiger partial charge >= 0.3 is 0 Å². The molecule has 1 aromatic carbocycles. The molecule has 2 rings (SSSR count). The molecule has 0 radical (unpaired) electrons. The Hall–Kier alpha value is -2.52. The molecule has 0 aliphatic rings. The van der Waals surface area contributed by atoms with Gasteiger partial charge in [-0.15, -0.1) is 0 Å². The summed E-state index contributed by atoms with van der Waals surface area (Å²) in [7, 11) is 0. The Kier molecular flexibility index (Phi) is 5.24. The fraction of sp³-hybridized carbons (Fsp3) is 0.235. The van der Waals surface area contributed by atoms with Gasteiger partial charge in [0.25, 0.3) is 0 Å². The summed E-state index contributed by atoms with van der Waals surface area (Å²) in [4.78, 5) is 26.7. The van der Waals surface area contributed by atoms with E-state index in [1.165, 1.54) is 6.07 Å². The van der Waals surface area contributed by atoms with E-state index in [-0.39, 0.29) is 22.7 Å². The average Bonchev–Trinajstić information content (AvgIpc) is 2.48. The molecule has 0 aliphatic carbocycles. The topological polar surface area (TPSA) is 85.8 Å². The van der Waals surface area contributed by atoms with E-state index in [0.717, 1.165) is 28.6 Å². The second-order valence-electron chi connectivity index (χ2n) is 5.27. The number of thioether (sulfide) groups is 1. The van der Waals surface area contributed by atoms with Crippen LogP contribution in [0.4, 0.5) is 5.69 Å². The molecule has 2 N–H and O–H groups in total. The first-order valence-electron chi connectivity index (χ1n) is 7.04. The normalized spacial score (nSPS) is 10.2. The van der Waals surface area contributed by atoms with E-state index < -0.39 is 0 Å². The summed E-state index contributed by atoms with van der Waals surface area (Å²) in [6.45, 7) is 5.73. The zero-order chi connectivity index (χ0) is 17.0. The van der Waals surface area contributed by atoms with E-state index in [0.29, 0.717) is 10.7 Å². The molecule has 1 aromatic heterocycles. The number of aromatic nitrogens is 1. The van der Waals surface area contributed by atoms with Crippen LogP contribution in [0.25, 0.3) is 0 Å². The average molecular weight is 327 g/mol. The zero-order valence-corrected chi connectivity index (χ0v) is 14.0.